The van der Waals surface area contributed by atoms with Crippen LogP contribution in [0.4, 0.5) is 0 Å². The first kappa shape index (κ1) is 14.8. The van der Waals surface area contributed by atoms with Gasteiger partial charge in [-0.3, -0.25) is 0 Å². The summed E-state index contributed by atoms with van der Waals surface area (Å²) in [6.07, 6.45) is 0.955. The SMILES string of the molecule is COCCC(C)Oc1c(C(C)N)ccc2ccccc12. The predicted molar refractivity (Wildman–Crippen MR) is 83.1 cm³/mol. The maximum Gasteiger partial charge on any atom is 0.132 e. The zero-order chi connectivity index (χ0) is 14.5. The largest absolute Gasteiger partial charge is 0.490 e. The molecule has 0 spiro atoms. The van der Waals surface area contributed by atoms with E-state index in [1.54, 1.807) is 7.11 Å². The van der Waals surface area contributed by atoms with Crippen LogP contribution in [-0.4, -0.2) is 19.8 Å². The summed E-state index contributed by atoms with van der Waals surface area (Å²) in [6, 6.07) is 12.3. The number of rotatable bonds is 6. The number of ether oxygens (including phenoxy) is 2. The molecule has 2 atom stereocenters. The molecule has 0 aliphatic carbocycles. The van der Waals surface area contributed by atoms with Gasteiger partial charge in [0.25, 0.3) is 0 Å². The van der Waals surface area contributed by atoms with Crippen molar-refractivity contribution in [2.75, 3.05) is 13.7 Å². The van der Waals surface area contributed by atoms with Gasteiger partial charge in [-0.25, -0.2) is 0 Å². The van der Waals surface area contributed by atoms with E-state index in [1.165, 1.54) is 5.39 Å². The minimum Gasteiger partial charge on any atom is -0.490 e. The van der Waals surface area contributed by atoms with Gasteiger partial charge in [0.1, 0.15) is 5.75 Å². The number of hydrogen-bond acceptors (Lipinski definition) is 3. The lowest BCUT2D eigenvalue weighted by molar-refractivity contribution is 0.135. The van der Waals surface area contributed by atoms with E-state index in [9.17, 15) is 0 Å². The van der Waals surface area contributed by atoms with Crippen molar-refractivity contribution < 1.29 is 9.47 Å². The molecule has 0 aliphatic rings. The minimum atomic E-state index is -0.0516. The van der Waals surface area contributed by atoms with Gasteiger partial charge in [-0.05, 0) is 19.2 Å². The van der Waals surface area contributed by atoms with Gasteiger partial charge in [0.15, 0.2) is 0 Å². The number of methoxy groups -OCH3 is 1. The second kappa shape index (κ2) is 6.73. The average molecular weight is 273 g/mol. The first-order valence-corrected chi connectivity index (χ1v) is 7.06. The van der Waals surface area contributed by atoms with Gasteiger partial charge >= 0.3 is 0 Å². The molecular weight excluding hydrogens is 250 g/mol. The molecule has 0 bridgehead atoms. The summed E-state index contributed by atoms with van der Waals surface area (Å²) >= 11 is 0. The van der Waals surface area contributed by atoms with Crippen molar-refractivity contribution in [2.24, 2.45) is 5.73 Å². The van der Waals surface area contributed by atoms with Crippen molar-refractivity contribution in [2.45, 2.75) is 32.4 Å². The molecule has 0 saturated heterocycles. The van der Waals surface area contributed by atoms with Crippen LogP contribution in [0, 0.1) is 0 Å². The molecule has 2 N–H and O–H groups in total. The molecule has 3 nitrogen and oxygen atoms in total. The Morgan fingerprint density at radius 2 is 1.85 bits per heavy atom. The fourth-order valence-electron chi connectivity index (χ4n) is 2.29. The van der Waals surface area contributed by atoms with Crippen LogP contribution in [0.2, 0.25) is 0 Å². The lowest BCUT2D eigenvalue weighted by Gasteiger charge is -2.21. The third kappa shape index (κ3) is 3.30. The molecule has 2 aromatic carbocycles. The lowest BCUT2D eigenvalue weighted by atomic mass is 10.0. The number of fused-ring (bicyclic) bond motifs is 1. The molecule has 0 heterocycles. The molecule has 0 fully saturated rings. The van der Waals surface area contributed by atoms with E-state index in [-0.39, 0.29) is 12.1 Å². The zero-order valence-electron chi connectivity index (χ0n) is 12.4. The molecule has 0 radical (unpaired) electrons. The number of benzene rings is 2. The highest BCUT2D eigenvalue weighted by atomic mass is 16.5. The van der Waals surface area contributed by atoms with E-state index >= 15 is 0 Å². The summed E-state index contributed by atoms with van der Waals surface area (Å²) in [4.78, 5) is 0. The van der Waals surface area contributed by atoms with Gasteiger partial charge in [0.05, 0.1) is 6.10 Å². The van der Waals surface area contributed by atoms with Gasteiger partial charge in [-0.1, -0.05) is 36.4 Å². The molecule has 20 heavy (non-hydrogen) atoms. The van der Waals surface area contributed by atoms with E-state index in [0.717, 1.165) is 23.1 Å². The van der Waals surface area contributed by atoms with E-state index < -0.39 is 0 Å². The Kier molecular flexibility index (Phi) is 4.99. The molecule has 0 aliphatic heterocycles. The van der Waals surface area contributed by atoms with Crippen LogP contribution < -0.4 is 10.5 Å². The Bertz CT molecular complexity index is 566. The molecule has 0 saturated carbocycles. The maximum atomic E-state index is 6.16. The van der Waals surface area contributed by atoms with Crippen LogP contribution in [0.3, 0.4) is 0 Å². The van der Waals surface area contributed by atoms with Crippen molar-refractivity contribution in [3.05, 3.63) is 42.0 Å². The van der Waals surface area contributed by atoms with Crippen LogP contribution in [0.1, 0.15) is 31.9 Å². The predicted octanol–water partition coefficient (Wildman–Crippen LogP) is 3.66. The van der Waals surface area contributed by atoms with Crippen LogP contribution in [0.5, 0.6) is 5.75 Å². The Labute approximate surface area is 120 Å². The molecule has 2 unspecified atom stereocenters. The van der Waals surface area contributed by atoms with Gasteiger partial charge in [0, 0.05) is 37.1 Å². The fourth-order valence-corrected chi connectivity index (χ4v) is 2.29. The number of hydrogen-bond donors (Lipinski definition) is 1. The normalized spacial score (nSPS) is 14.2. The van der Waals surface area contributed by atoms with Crippen molar-refractivity contribution in [3.8, 4) is 5.75 Å². The van der Waals surface area contributed by atoms with Crippen molar-refractivity contribution in [3.63, 3.8) is 0 Å². The summed E-state index contributed by atoms with van der Waals surface area (Å²) < 4.78 is 11.3. The van der Waals surface area contributed by atoms with Gasteiger partial charge < -0.3 is 15.2 Å². The molecule has 0 amide bonds. The van der Waals surface area contributed by atoms with Crippen LogP contribution in [0.15, 0.2) is 36.4 Å². The van der Waals surface area contributed by atoms with E-state index in [2.05, 4.69) is 31.2 Å². The molecule has 0 aromatic heterocycles. The van der Waals surface area contributed by atoms with Gasteiger partial charge in [-0.15, -0.1) is 0 Å². The third-order valence-electron chi connectivity index (χ3n) is 3.45. The maximum absolute atomic E-state index is 6.16. The van der Waals surface area contributed by atoms with E-state index in [0.29, 0.717) is 6.61 Å². The molecule has 3 heteroatoms. The molecule has 2 aromatic rings. The smallest absolute Gasteiger partial charge is 0.132 e. The zero-order valence-corrected chi connectivity index (χ0v) is 12.4. The van der Waals surface area contributed by atoms with Gasteiger partial charge in [-0.2, -0.15) is 0 Å². The summed E-state index contributed by atoms with van der Waals surface area (Å²) in [5.41, 5.74) is 7.13. The highest BCUT2D eigenvalue weighted by Gasteiger charge is 2.14. The highest BCUT2D eigenvalue weighted by molar-refractivity contribution is 5.89. The first-order chi connectivity index (χ1) is 9.63. The molecule has 108 valence electrons. The summed E-state index contributed by atoms with van der Waals surface area (Å²) in [5, 5.41) is 2.29. The van der Waals surface area contributed by atoms with Crippen LogP contribution >= 0.6 is 0 Å². The molecular formula is C17H23NO2. The summed E-state index contributed by atoms with van der Waals surface area (Å²) in [6.45, 7) is 4.74. The Morgan fingerprint density at radius 1 is 1.10 bits per heavy atom. The Morgan fingerprint density at radius 3 is 2.55 bits per heavy atom. The second-order valence-electron chi connectivity index (χ2n) is 5.20. The topological polar surface area (TPSA) is 44.5 Å². The van der Waals surface area contributed by atoms with Crippen molar-refractivity contribution in [1.82, 2.24) is 0 Å². The fraction of sp³-hybridized carbons (Fsp3) is 0.412. The monoisotopic (exact) mass is 273 g/mol. The van der Waals surface area contributed by atoms with Crippen LogP contribution in [-0.2, 0) is 4.74 Å². The highest BCUT2D eigenvalue weighted by Crippen LogP contribution is 2.33. The minimum absolute atomic E-state index is 0.0516. The van der Waals surface area contributed by atoms with Crippen molar-refractivity contribution in [1.29, 1.82) is 0 Å². The quantitative estimate of drug-likeness (QED) is 0.873. The van der Waals surface area contributed by atoms with Crippen molar-refractivity contribution >= 4 is 10.8 Å². The number of nitrogens with two attached hydrogens (primary N) is 1. The van der Waals surface area contributed by atoms with Crippen LogP contribution in [0.25, 0.3) is 10.8 Å². The lowest BCUT2D eigenvalue weighted by Crippen LogP contribution is -2.17. The molecule has 2 rings (SSSR count). The summed E-state index contributed by atoms with van der Waals surface area (Å²) in [7, 11) is 1.71. The Hall–Kier alpha value is -1.58. The standard InChI is InChI=1S/C17H23NO2/c1-12(10-11-19-3)20-17-15(13(2)18)9-8-14-6-4-5-7-16(14)17/h4-9,12-13H,10-11,18H2,1-3H3. The average Bonchev–Trinajstić information content (AvgIpc) is 2.45. The first-order valence-electron chi connectivity index (χ1n) is 7.06. The van der Waals surface area contributed by atoms with E-state index in [1.807, 2.05) is 19.1 Å². The van der Waals surface area contributed by atoms with Gasteiger partial charge in [0.2, 0.25) is 0 Å². The third-order valence-corrected chi connectivity index (χ3v) is 3.45. The van der Waals surface area contributed by atoms with E-state index in [4.69, 9.17) is 15.2 Å². The Balaban J connectivity index is 2.39. The second-order valence-corrected chi connectivity index (χ2v) is 5.20. The summed E-state index contributed by atoms with van der Waals surface area (Å²) in [5.74, 6) is 0.904.